The lowest BCUT2D eigenvalue weighted by molar-refractivity contribution is -0.117. The Morgan fingerprint density at radius 3 is 2.58 bits per heavy atom. The van der Waals surface area contributed by atoms with Gasteiger partial charge >= 0.3 is 0 Å². The molecule has 0 bridgehead atoms. The van der Waals surface area contributed by atoms with Gasteiger partial charge in [0.05, 0.1) is 6.10 Å². The van der Waals surface area contributed by atoms with Crippen molar-refractivity contribution in [1.82, 2.24) is 4.90 Å². The van der Waals surface area contributed by atoms with Gasteiger partial charge in [0.25, 0.3) is 0 Å². The number of carbonyl (C=O) groups excluding carboxylic acids is 1. The number of likely N-dealkylation sites (N-methyl/N-ethyl adjacent to an activating group) is 1. The first-order valence-corrected chi connectivity index (χ1v) is 4.38. The van der Waals surface area contributed by atoms with E-state index in [1.54, 1.807) is 13.8 Å². The van der Waals surface area contributed by atoms with E-state index in [1.165, 1.54) is 0 Å². The fourth-order valence-corrected chi connectivity index (χ4v) is 1.14. The van der Waals surface area contributed by atoms with Crippen LogP contribution in [0.1, 0.15) is 26.7 Å². The molecule has 1 N–H and O–H groups in total. The molecule has 0 aromatic heterocycles. The van der Waals surface area contributed by atoms with Gasteiger partial charge in [0, 0.05) is 13.0 Å². The lowest BCUT2D eigenvalue weighted by atomic mass is 10.2. The average Bonchev–Trinajstić information content (AvgIpc) is 1.84. The second-order valence-electron chi connectivity index (χ2n) is 3.42. The highest BCUT2D eigenvalue weighted by molar-refractivity contribution is 5.75. The number of Topliss-reactive ketones (excluding diaryl/α,β-unsaturated/α-hetero) is 1. The minimum Gasteiger partial charge on any atom is -0.392 e. The van der Waals surface area contributed by atoms with Gasteiger partial charge in [0.1, 0.15) is 5.78 Å². The van der Waals surface area contributed by atoms with Crippen molar-refractivity contribution >= 4 is 5.78 Å². The molecule has 0 heterocycles. The van der Waals surface area contributed by atoms with E-state index >= 15 is 0 Å². The Labute approximate surface area is 74.4 Å². The van der Waals surface area contributed by atoms with Crippen LogP contribution in [0.5, 0.6) is 0 Å². The Kier molecular flexibility index (Phi) is 5.93. The highest BCUT2D eigenvalue weighted by Crippen LogP contribution is 1.95. The fourth-order valence-electron chi connectivity index (χ4n) is 1.14. The van der Waals surface area contributed by atoms with Crippen LogP contribution < -0.4 is 0 Å². The molecule has 0 saturated carbocycles. The molecule has 3 nitrogen and oxygen atoms in total. The molecule has 0 aromatic rings. The predicted octanol–water partition coefficient (Wildman–Crippen LogP) is 0.668. The standard InChI is InChI=1S/C9H19NO2/c1-8(11)5-4-6-10(3)7-9(2)12/h9,12H,4-7H2,1-3H3/t9-/m0/s1. The SMILES string of the molecule is CC(=O)CCCN(C)C[C@H](C)O. The molecule has 0 aliphatic carbocycles. The number of ketones is 1. The first-order chi connectivity index (χ1) is 5.52. The maximum Gasteiger partial charge on any atom is 0.129 e. The summed E-state index contributed by atoms with van der Waals surface area (Å²) in [5.74, 6) is 0.237. The van der Waals surface area contributed by atoms with Gasteiger partial charge in [-0.2, -0.15) is 0 Å². The van der Waals surface area contributed by atoms with Crippen LogP contribution in [-0.4, -0.2) is 42.0 Å². The van der Waals surface area contributed by atoms with Crippen LogP contribution in [-0.2, 0) is 4.79 Å². The van der Waals surface area contributed by atoms with Gasteiger partial charge in [-0.1, -0.05) is 0 Å². The van der Waals surface area contributed by atoms with Gasteiger partial charge in [-0.05, 0) is 33.9 Å². The van der Waals surface area contributed by atoms with Crippen molar-refractivity contribution in [3.8, 4) is 0 Å². The summed E-state index contributed by atoms with van der Waals surface area (Å²) in [5, 5.41) is 9.02. The van der Waals surface area contributed by atoms with E-state index in [-0.39, 0.29) is 11.9 Å². The molecule has 0 unspecified atom stereocenters. The van der Waals surface area contributed by atoms with E-state index in [0.717, 1.165) is 13.0 Å². The number of hydrogen-bond donors (Lipinski definition) is 1. The molecule has 0 saturated heterocycles. The van der Waals surface area contributed by atoms with Crippen LogP contribution in [0.4, 0.5) is 0 Å². The molecule has 1 atom stereocenters. The number of hydrogen-bond acceptors (Lipinski definition) is 3. The topological polar surface area (TPSA) is 40.5 Å². The van der Waals surface area contributed by atoms with Crippen LogP contribution in [0.25, 0.3) is 0 Å². The third-order valence-corrected chi connectivity index (χ3v) is 1.64. The van der Waals surface area contributed by atoms with Crippen molar-refractivity contribution in [3.63, 3.8) is 0 Å². The summed E-state index contributed by atoms with van der Waals surface area (Å²) in [6.45, 7) is 4.93. The van der Waals surface area contributed by atoms with E-state index in [1.807, 2.05) is 11.9 Å². The molecule has 0 aliphatic rings. The van der Waals surface area contributed by atoms with Crippen molar-refractivity contribution in [2.45, 2.75) is 32.8 Å². The van der Waals surface area contributed by atoms with Crippen LogP contribution in [0.2, 0.25) is 0 Å². The molecule has 12 heavy (non-hydrogen) atoms. The number of aliphatic hydroxyl groups is 1. The smallest absolute Gasteiger partial charge is 0.129 e. The van der Waals surface area contributed by atoms with Crippen LogP contribution in [0, 0.1) is 0 Å². The summed E-state index contributed by atoms with van der Waals surface area (Å²) in [4.78, 5) is 12.6. The van der Waals surface area contributed by atoms with Crippen molar-refractivity contribution in [3.05, 3.63) is 0 Å². The van der Waals surface area contributed by atoms with Crippen molar-refractivity contribution in [2.75, 3.05) is 20.1 Å². The van der Waals surface area contributed by atoms with Gasteiger partial charge in [0.2, 0.25) is 0 Å². The summed E-state index contributed by atoms with van der Waals surface area (Å²) in [6, 6.07) is 0. The summed E-state index contributed by atoms with van der Waals surface area (Å²) < 4.78 is 0. The summed E-state index contributed by atoms with van der Waals surface area (Å²) >= 11 is 0. The number of carbonyl (C=O) groups is 1. The van der Waals surface area contributed by atoms with Crippen molar-refractivity contribution < 1.29 is 9.90 Å². The van der Waals surface area contributed by atoms with Crippen LogP contribution in [0.15, 0.2) is 0 Å². The van der Waals surface area contributed by atoms with Gasteiger partial charge < -0.3 is 14.8 Å². The second-order valence-corrected chi connectivity index (χ2v) is 3.42. The molecule has 0 rings (SSSR count). The first kappa shape index (κ1) is 11.6. The highest BCUT2D eigenvalue weighted by atomic mass is 16.3. The second kappa shape index (κ2) is 6.14. The molecule has 0 amide bonds. The molecule has 0 fully saturated rings. The maximum absolute atomic E-state index is 10.6. The average molecular weight is 173 g/mol. The lowest BCUT2D eigenvalue weighted by Crippen LogP contribution is -2.28. The Balaban J connectivity index is 3.31. The van der Waals surface area contributed by atoms with Gasteiger partial charge in [-0.3, -0.25) is 0 Å². The predicted molar refractivity (Wildman–Crippen MR) is 49.1 cm³/mol. The summed E-state index contributed by atoms with van der Waals surface area (Å²) in [7, 11) is 1.95. The Bertz CT molecular complexity index is 134. The van der Waals surface area contributed by atoms with Gasteiger partial charge in [-0.15, -0.1) is 0 Å². The van der Waals surface area contributed by atoms with Gasteiger partial charge in [-0.25, -0.2) is 0 Å². The van der Waals surface area contributed by atoms with E-state index < -0.39 is 0 Å². The third kappa shape index (κ3) is 7.69. The minimum absolute atomic E-state index is 0.237. The Morgan fingerprint density at radius 1 is 1.58 bits per heavy atom. The molecule has 0 spiro atoms. The quantitative estimate of drug-likeness (QED) is 0.641. The number of rotatable bonds is 6. The lowest BCUT2D eigenvalue weighted by Gasteiger charge is -2.17. The molecule has 72 valence electrons. The molecular formula is C9H19NO2. The number of nitrogens with zero attached hydrogens (tertiary/aromatic N) is 1. The Morgan fingerprint density at radius 2 is 2.17 bits per heavy atom. The molecule has 0 radical (unpaired) electrons. The van der Waals surface area contributed by atoms with Crippen LogP contribution >= 0.6 is 0 Å². The van der Waals surface area contributed by atoms with Crippen molar-refractivity contribution in [2.24, 2.45) is 0 Å². The minimum atomic E-state index is -0.285. The van der Waals surface area contributed by atoms with Gasteiger partial charge in [0.15, 0.2) is 0 Å². The maximum atomic E-state index is 10.6. The first-order valence-electron chi connectivity index (χ1n) is 4.38. The molecule has 0 aliphatic heterocycles. The fraction of sp³-hybridized carbons (Fsp3) is 0.889. The van der Waals surface area contributed by atoms with E-state index in [9.17, 15) is 4.79 Å². The molecule has 0 aromatic carbocycles. The zero-order valence-electron chi connectivity index (χ0n) is 8.21. The third-order valence-electron chi connectivity index (χ3n) is 1.64. The van der Waals surface area contributed by atoms with E-state index in [2.05, 4.69) is 0 Å². The highest BCUT2D eigenvalue weighted by Gasteiger charge is 2.02. The summed E-state index contributed by atoms with van der Waals surface area (Å²) in [5.41, 5.74) is 0. The zero-order valence-corrected chi connectivity index (χ0v) is 8.21. The van der Waals surface area contributed by atoms with Crippen LogP contribution in [0.3, 0.4) is 0 Å². The largest absolute Gasteiger partial charge is 0.392 e. The molecule has 3 heteroatoms. The van der Waals surface area contributed by atoms with Crippen molar-refractivity contribution in [1.29, 1.82) is 0 Å². The number of aliphatic hydroxyl groups excluding tert-OH is 1. The summed E-state index contributed by atoms with van der Waals surface area (Å²) in [6.07, 6.45) is 1.25. The molecular weight excluding hydrogens is 154 g/mol. The monoisotopic (exact) mass is 173 g/mol. The Hall–Kier alpha value is -0.410. The normalized spacial score (nSPS) is 13.4. The van der Waals surface area contributed by atoms with E-state index in [4.69, 9.17) is 5.11 Å². The zero-order chi connectivity index (χ0) is 9.56. The van der Waals surface area contributed by atoms with E-state index in [0.29, 0.717) is 13.0 Å².